The fourth-order valence-corrected chi connectivity index (χ4v) is 2.66. The normalized spacial score (nSPS) is 18.2. The Balaban J connectivity index is 1.66. The number of morpholine rings is 1. The summed E-state index contributed by atoms with van der Waals surface area (Å²) < 4.78 is 11.2. The molecule has 0 saturated carbocycles. The van der Waals surface area contributed by atoms with Crippen LogP contribution in [-0.4, -0.2) is 52.2 Å². The molecule has 1 aromatic carbocycles. The summed E-state index contributed by atoms with van der Waals surface area (Å²) in [6.45, 7) is 2.42. The van der Waals surface area contributed by atoms with Gasteiger partial charge in [-0.3, -0.25) is 14.9 Å². The smallest absolute Gasteiger partial charge is 0.341 e. The second-order valence-corrected chi connectivity index (χ2v) is 5.51. The highest BCUT2D eigenvalue weighted by Crippen LogP contribution is 2.24. The van der Waals surface area contributed by atoms with Crippen molar-refractivity contribution in [2.45, 2.75) is 12.6 Å². The third-order valence-corrected chi connectivity index (χ3v) is 3.78. The van der Waals surface area contributed by atoms with E-state index in [0.717, 1.165) is 17.8 Å². The lowest BCUT2D eigenvalue weighted by Gasteiger charge is -2.32. The van der Waals surface area contributed by atoms with E-state index in [9.17, 15) is 4.79 Å². The van der Waals surface area contributed by atoms with Crippen LogP contribution in [0.5, 0.6) is 5.75 Å². The molecule has 7 heteroatoms. The molecule has 1 fully saturated rings. The molecular formula is C17H19N3O4. The quantitative estimate of drug-likeness (QED) is 0.860. The van der Waals surface area contributed by atoms with E-state index in [0.29, 0.717) is 25.4 Å². The zero-order valence-electron chi connectivity index (χ0n) is 13.2. The van der Waals surface area contributed by atoms with Crippen molar-refractivity contribution in [2.24, 2.45) is 0 Å². The monoisotopic (exact) mass is 329 g/mol. The Morgan fingerprint density at radius 1 is 1.38 bits per heavy atom. The molecule has 2 heterocycles. The van der Waals surface area contributed by atoms with Crippen LogP contribution < -0.4 is 4.74 Å². The Morgan fingerprint density at radius 2 is 2.25 bits per heavy atom. The molecule has 1 saturated heterocycles. The maximum absolute atomic E-state index is 10.7. The molecule has 1 aromatic heterocycles. The fourth-order valence-electron chi connectivity index (χ4n) is 2.66. The van der Waals surface area contributed by atoms with Crippen molar-refractivity contribution < 1.29 is 19.4 Å². The molecule has 1 aliphatic heterocycles. The Morgan fingerprint density at radius 3 is 3.04 bits per heavy atom. The van der Waals surface area contributed by atoms with Crippen molar-refractivity contribution in [1.82, 2.24) is 14.9 Å². The number of benzene rings is 1. The van der Waals surface area contributed by atoms with Crippen molar-refractivity contribution in [1.29, 1.82) is 0 Å². The summed E-state index contributed by atoms with van der Waals surface area (Å²) in [4.78, 5) is 21.3. The minimum Gasteiger partial charge on any atom is -0.482 e. The summed E-state index contributed by atoms with van der Waals surface area (Å²) in [5, 5.41) is 8.78. The first-order chi connectivity index (χ1) is 11.7. The van der Waals surface area contributed by atoms with Gasteiger partial charge in [-0.1, -0.05) is 18.2 Å². The Kier molecular flexibility index (Phi) is 5.35. The third-order valence-electron chi connectivity index (χ3n) is 3.78. The third kappa shape index (κ3) is 4.27. The highest BCUT2D eigenvalue weighted by molar-refractivity contribution is 5.68. The first kappa shape index (κ1) is 16.4. The van der Waals surface area contributed by atoms with Crippen molar-refractivity contribution in [3.05, 3.63) is 54.1 Å². The maximum Gasteiger partial charge on any atom is 0.341 e. The highest BCUT2D eigenvalue weighted by Gasteiger charge is 2.23. The Labute approximate surface area is 139 Å². The maximum atomic E-state index is 10.7. The fraction of sp³-hybridized carbons (Fsp3) is 0.353. The number of hydrogen-bond donors (Lipinski definition) is 1. The van der Waals surface area contributed by atoms with Crippen molar-refractivity contribution in [3.8, 4) is 5.75 Å². The summed E-state index contributed by atoms with van der Waals surface area (Å²) in [5.74, 6) is -0.388. The molecule has 0 unspecified atom stereocenters. The molecule has 7 nitrogen and oxygen atoms in total. The van der Waals surface area contributed by atoms with E-state index in [1.807, 2.05) is 18.2 Å². The number of rotatable bonds is 6. The number of carboxylic acid groups (broad SMARTS) is 1. The van der Waals surface area contributed by atoms with Gasteiger partial charge in [0, 0.05) is 37.6 Å². The minimum absolute atomic E-state index is 0.112. The van der Waals surface area contributed by atoms with E-state index >= 15 is 0 Å². The molecule has 1 atom stereocenters. The van der Waals surface area contributed by atoms with Gasteiger partial charge < -0.3 is 14.6 Å². The van der Waals surface area contributed by atoms with E-state index in [4.69, 9.17) is 14.6 Å². The molecule has 0 bridgehead atoms. The first-order valence-corrected chi connectivity index (χ1v) is 7.75. The van der Waals surface area contributed by atoms with E-state index in [1.54, 1.807) is 24.7 Å². The number of carbonyl (C=O) groups is 1. The largest absolute Gasteiger partial charge is 0.482 e. The van der Waals surface area contributed by atoms with Crippen LogP contribution >= 0.6 is 0 Å². The van der Waals surface area contributed by atoms with Gasteiger partial charge in [0.25, 0.3) is 0 Å². The lowest BCUT2D eigenvalue weighted by molar-refractivity contribution is -0.139. The topological polar surface area (TPSA) is 84.8 Å². The van der Waals surface area contributed by atoms with Crippen LogP contribution in [0.25, 0.3) is 0 Å². The van der Waals surface area contributed by atoms with Crippen molar-refractivity contribution in [2.75, 3.05) is 26.3 Å². The number of para-hydroxylation sites is 1. The van der Waals surface area contributed by atoms with Crippen LogP contribution in [0, 0.1) is 0 Å². The van der Waals surface area contributed by atoms with Crippen molar-refractivity contribution >= 4 is 5.97 Å². The van der Waals surface area contributed by atoms with Gasteiger partial charge >= 0.3 is 5.97 Å². The number of ether oxygens (including phenoxy) is 2. The van der Waals surface area contributed by atoms with Gasteiger partial charge in [0.2, 0.25) is 0 Å². The number of aliphatic carboxylic acids is 1. The summed E-state index contributed by atoms with van der Waals surface area (Å²) in [7, 11) is 0. The summed E-state index contributed by atoms with van der Waals surface area (Å²) in [6.07, 6.45) is 4.91. The standard InChI is InChI=1S/C17H19N3O4/c21-17(22)12-24-15-4-2-1-3-13(15)10-20-7-8-23-16(11-20)14-9-18-5-6-19-14/h1-6,9,16H,7-8,10-12H2,(H,21,22)/t16-/m0/s1. The molecule has 0 amide bonds. The average molecular weight is 329 g/mol. The number of aromatic nitrogens is 2. The number of hydrogen-bond acceptors (Lipinski definition) is 6. The lowest BCUT2D eigenvalue weighted by atomic mass is 10.1. The molecular weight excluding hydrogens is 310 g/mol. The van der Waals surface area contributed by atoms with Crippen LogP contribution in [0.1, 0.15) is 17.4 Å². The van der Waals surface area contributed by atoms with Gasteiger partial charge in [0.15, 0.2) is 6.61 Å². The van der Waals surface area contributed by atoms with Gasteiger partial charge in [-0.2, -0.15) is 0 Å². The molecule has 0 spiro atoms. The van der Waals surface area contributed by atoms with Gasteiger partial charge in [-0.05, 0) is 6.07 Å². The zero-order valence-corrected chi connectivity index (χ0v) is 13.2. The molecule has 1 N–H and O–H groups in total. The predicted octanol–water partition coefficient (Wildman–Crippen LogP) is 1.51. The van der Waals surface area contributed by atoms with Crippen LogP contribution in [0.3, 0.4) is 0 Å². The molecule has 24 heavy (non-hydrogen) atoms. The van der Waals surface area contributed by atoms with Crippen LogP contribution in [0.4, 0.5) is 0 Å². The van der Waals surface area contributed by atoms with E-state index in [1.165, 1.54) is 0 Å². The predicted molar refractivity (Wildman–Crippen MR) is 85.6 cm³/mol. The Hall–Kier alpha value is -2.51. The molecule has 1 aliphatic rings. The van der Waals surface area contributed by atoms with Crippen LogP contribution in [0.15, 0.2) is 42.9 Å². The Bertz CT molecular complexity index is 681. The summed E-state index contributed by atoms with van der Waals surface area (Å²) in [5.41, 5.74) is 1.77. The SMILES string of the molecule is O=C(O)COc1ccccc1CN1CCO[C@H](c2cnccn2)C1. The average Bonchev–Trinajstić information content (AvgIpc) is 2.62. The summed E-state index contributed by atoms with van der Waals surface area (Å²) >= 11 is 0. The number of carboxylic acids is 1. The molecule has 2 aromatic rings. The second-order valence-electron chi connectivity index (χ2n) is 5.51. The molecule has 3 rings (SSSR count). The van der Waals surface area contributed by atoms with Gasteiger partial charge in [0.05, 0.1) is 18.5 Å². The van der Waals surface area contributed by atoms with Crippen molar-refractivity contribution in [3.63, 3.8) is 0 Å². The first-order valence-electron chi connectivity index (χ1n) is 7.75. The minimum atomic E-state index is -0.987. The van der Waals surface area contributed by atoms with E-state index in [-0.39, 0.29) is 12.7 Å². The lowest BCUT2D eigenvalue weighted by Crippen LogP contribution is -2.38. The van der Waals surface area contributed by atoms with Crippen LogP contribution in [0.2, 0.25) is 0 Å². The second kappa shape index (κ2) is 7.85. The van der Waals surface area contributed by atoms with E-state index < -0.39 is 5.97 Å². The van der Waals surface area contributed by atoms with E-state index in [2.05, 4.69) is 14.9 Å². The molecule has 0 aliphatic carbocycles. The zero-order chi connectivity index (χ0) is 16.8. The number of nitrogens with zero attached hydrogens (tertiary/aromatic N) is 3. The molecule has 0 radical (unpaired) electrons. The molecule has 126 valence electrons. The van der Waals surface area contributed by atoms with Gasteiger partial charge in [0.1, 0.15) is 11.9 Å². The van der Waals surface area contributed by atoms with Gasteiger partial charge in [-0.25, -0.2) is 4.79 Å². The summed E-state index contributed by atoms with van der Waals surface area (Å²) in [6, 6.07) is 7.49. The van der Waals surface area contributed by atoms with Gasteiger partial charge in [-0.15, -0.1) is 0 Å². The van der Waals surface area contributed by atoms with Crippen LogP contribution in [-0.2, 0) is 16.1 Å². The highest BCUT2D eigenvalue weighted by atomic mass is 16.5.